The van der Waals surface area contributed by atoms with Gasteiger partial charge < -0.3 is 4.74 Å². The molecule has 1 fully saturated rings. The Morgan fingerprint density at radius 3 is 2.66 bits per heavy atom. The van der Waals surface area contributed by atoms with Gasteiger partial charge >= 0.3 is 5.69 Å². The van der Waals surface area contributed by atoms with Crippen LogP contribution in [0, 0.1) is 0 Å². The van der Waals surface area contributed by atoms with Crippen molar-refractivity contribution in [2.24, 2.45) is 0 Å². The van der Waals surface area contributed by atoms with E-state index in [0.29, 0.717) is 19.0 Å². The minimum atomic E-state index is -0.281. The normalized spacial score (nSPS) is 19.9. The summed E-state index contributed by atoms with van der Waals surface area (Å²) in [6.07, 6.45) is 2.01. The molecule has 2 heterocycles. The number of halogens is 1. The molecule has 6 nitrogen and oxygen atoms in total. The summed E-state index contributed by atoms with van der Waals surface area (Å²) >= 11 is 6.41. The first-order valence-corrected chi connectivity index (χ1v) is 11.5. The maximum atomic E-state index is 11.5. The number of likely N-dealkylation sites (tertiary alicyclic amines) is 1. The van der Waals surface area contributed by atoms with Crippen molar-refractivity contribution in [3.05, 3.63) is 86.6 Å². The molecule has 1 aliphatic heterocycles. The fraction of sp³-hybridized carbons (Fsp3) is 0.440. The first-order valence-electron chi connectivity index (χ1n) is 11.1. The monoisotopic (exact) mass is 454 g/mol. The van der Waals surface area contributed by atoms with Crippen LogP contribution in [-0.2, 0) is 23.3 Å². The average molecular weight is 455 g/mol. The third-order valence-electron chi connectivity index (χ3n) is 6.01. The Labute approximate surface area is 194 Å². The van der Waals surface area contributed by atoms with E-state index < -0.39 is 0 Å². The van der Waals surface area contributed by atoms with Crippen LogP contribution in [0.5, 0.6) is 0 Å². The first kappa shape index (κ1) is 22.8. The van der Waals surface area contributed by atoms with Crippen molar-refractivity contribution in [1.29, 1.82) is 0 Å². The largest absolute Gasteiger partial charge is 0.372 e. The van der Waals surface area contributed by atoms with Crippen LogP contribution in [0.15, 0.2) is 53.3 Å². The minimum Gasteiger partial charge on any atom is -0.372 e. The molecule has 1 aromatic heterocycles. The minimum absolute atomic E-state index is 0.0221. The van der Waals surface area contributed by atoms with E-state index in [-0.39, 0.29) is 23.3 Å². The third-order valence-corrected chi connectivity index (χ3v) is 6.23. The maximum Gasteiger partial charge on any atom is 0.340 e. The molecule has 1 aliphatic rings. The van der Waals surface area contributed by atoms with Gasteiger partial charge in [0.05, 0.1) is 25.3 Å². The van der Waals surface area contributed by atoms with Gasteiger partial charge in [-0.05, 0) is 53.6 Å². The second-order valence-electron chi connectivity index (χ2n) is 9.54. The molecule has 1 saturated heterocycles. The van der Waals surface area contributed by atoms with Crippen molar-refractivity contribution in [2.45, 2.75) is 64.3 Å². The van der Waals surface area contributed by atoms with Crippen molar-refractivity contribution in [2.75, 3.05) is 6.54 Å². The Bertz CT molecular complexity index is 1090. The van der Waals surface area contributed by atoms with E-state index in [2.05, 4.69) is 71.2 Å². The zero-order chi connectivity index (χ0) is 22.7. The Kier molecular flexibility index (Phi) is 6.84. The Morgan fingerprint density at radius 2 is 1.97 bits per heavy atom. The second-order valence-corrected chi connectivity index (χ2v) is 9.98. The standard InChI is InChI=1S/C25H31ClN4O2/c1-25(2,3)19-12-17(13-20(26)14-19)16-32-21-10-7-11-30(15-22-27-24(31)29-28-22)23(21)18-8-5-4-6-9-18/h4-6,8-9,12-14,21,23H,7,10-11,15-16H2,1-3H3,(H2,27,28,29,31)/t21-,23-/m0/s1. The predicted octanol–water partition coefficient (Wildman–Crippen LogP) is 4.97. The topological polar surface area (TPSA) is 74.0 Å². The summed E-state index contributed by atoms with van der Waals surface area (Å²) in [5.74, 6) is 0.640. The van der Waals surface area contributed by atoms with Crippen LogP contribution in [0.4, 0.5) is 0 Å². The zero-order valence-corrected chi connectivity index (χ0v) is 19.7. The molecule has 0 saturated carbocycles. The maximum absolute atomic E-state index is 11.5. The van der Waals surface area contributed by atoms with E-state index in [1.54, 1.807) is 0 Å². The average Bonchev–Trinajstić information content (AvgIpc) is 3.16. The number of rotatable bonds is 6. The Balaban J connectivity index is 1.56. The summed E-state index contributed by atoms with van der Waals surface area (Å²) in [6.45, 7) is 8.54. The van der Waals surface area contributed by atoms with Crippen LogP contribution < -0.4 is 5.69 Å². The molecule has 2 aromatic carbocycles. The second kappa shape index (κ2) is 9.61. The SMILES string of the molecule is CC(C)(C)c1cc(Cl)cc(CO[C@H]2CCCN(Cc3n[nH]c(=O)[nH]3)[C@H]2c2ccccc2)c1. The van der Waals surface area contributed by atoms with Crippen molar-refractivity contribution in [3.8, 4) is 0 Å². The molecule has 2 atom stereocenters. The molecule has 0 bridgehead atoms. The number of nitrogens with zero attached hydrogens (tertiary/aromatic N) is 2. The van der Waals surface area contributed by atoms with Gasteiger partial charge in [-0.25, -0.2) is 9.89 Å². The molecule has 32 heavy (non-hydrogen) atoms. The molecular weight excluding hydrogens is 424 g/mol. The van der Waals surface area contributed by atoms with E-state index in [4.69, 9.17) is 16.3 Å². The zero-order valence-electron chi connectivity index (χ0n) is 18.9. The van der Waals surface area contributed by atoms with Crippen LogP contribution in [0.25, 0.3) is 0 Å². The molecule has 0 spiro atoms. The molecule has 0 unspecified atom stereocenters. The predicted molar refractivity (Wildman–Crippen MR) is 127 cm³/mol. The fourth-order valence-corrected chi connectivity index (χ4v) is 4.66. The summed E-state index contributed by atoms with van der Waals surface area (Å²) in [6, 6.07) is 16.7. The quantitative estimate of drug-likeness (QED) is 0.551. The summed E-state index contributed by atoms with van der Waals surface area (Å²) in [5, 5.41) is 7.31. The van der Waals surface area contributed by atoms with Gasteiger partial charge in [-0.2, -0.15) is 5.10 Å². The van der Waals surface area contributed by atoms with Gasteiger partial charge in [-0.15, -0.1) is 0 Å². The van der Waals surface area contributed by atoms with E-state index in [1.165, 1.54) is 11.1 Å². The number of aromatic nitrogens is 3. The van der Waals surface area contributed by atoms with Crippen LogP contribution in [-0.4, -0.2) is 32.7 Å². The number of aromatic amines is 2. The highest BCUT2D eigenvalue weighted by atomic mass is 35.5. The lowest BCUT2D eigenvalue weighted by Crippen LogP contribution is -2.42. The van der Waals surface area contributed by atoms with Crippen LogP contribution in [0.3, 0.4) is 0 Å². The van der Waals surface area contributed by atoms with Crippen molar-refractivity contribution < 1.29 is 4.74 Å². The summed E-state index contributed by atoms with van der Waals surface area (Å²) in [4.78, 5) is 16.6. The Morgan fingerprint density at radius 1 is 1.19 bits per heavy atom. The smallest absolute Gasteiger partial charge is 0.340 e. The first-order chi connectivity index (χ1) is 15.3. The molecule has 7 heteroatoms. The van der Waals surface area contributed by atoms with Crippen molar-refractivity contribution in [1.82, 2.24) is 20.1 Å². The number of hydrogen-bond donors (Lipinski definition) is 2. The molecule has 3 aromatic rings. The molecular formula is C25H31ClN4O2. The lowest BCUT2D eigenvalue weighted by Gasteiger charge is -2.41. The van der Waals surface area contributed by atoms with Crippen LogP contribution >= 0.6 is 11.6 Å². The van der Waals surface area contributed by atoms with Crippen molar-refractivity contribution in [3.63, 3.8) is 0 Å². The molecule has 0 radical (unpaired) electrons. The van der Waals surface area contributed by atoms with Crippen LogP contribution in [0.2, 0.25) is 5.02 Å². The summed E-state index contributed by atoms with van der Waals surface area (Å²) in [7, 11) is 0. The number of H-pyrrole nitrogens is 2. The lowest BCUT2D eigenvalue weighted by molar-refractivity contribution is -0.0560. The van der Waals surface area contributed by atoms with Gasteiger partial charge in [-0.1, -0.05) is 68.8 Å². The highest BCUT2D eigenvalue weighted by Gasteiger charge is 2.34. The van der Waals surface area contributed by atoms with Gasteiger partial charge in [-0.3, -0.25) is 9.88 Å². The highest BCUT2D eigenvalue weighted by molar-refractivity contribution is 6.30. The molecule has 4 rings (SSSR count). The Hall–Kier alpha value is -2.41. The van der Waals surface area contributed by atoms with Gasteiger partial charge in [0.25, 0.3) is 0 Å². The van der Waals surface area contributed by atoms with Crippen LogP contribution in [0.1, 0.15) is 62.2 Å². The third kappa shape index (κ3) is 5.49. The lowest BCUT2D eigenvalue weighted by atomic mass is 9.86. The highest BCUT2D eigenvalue weighted by Crippen LogP contribution is 2.35. The summed E-state index contributed by atoms with van der Waals surface area (Å²) < 4.78 is 6.53. The van der Waals surface area contributed by atoms with Gasteiger partial charge in [0, 0.05) is 5.02 Å². The van der Waals surface area contributed by atoms with E-state index >= 15 is 0 Å². The van der Waals surface area contributed by atoms with Crippen molar-refractivity contribution >= 4 is 11.6 Å². The summed E-state index contributed by atoms with van der Waals surface area (Å²) in [5.41, 5.74) is 3.24. The molecule has 170 valence electrons. The molecule has 2 N–H and O–H groups in total. The number of nitrogens with one attached hydrogen (secondary N) is 2. The number of piperidine rings is 1. The molecule has 0 amide bonds. The van der Waals surface area contributed by atoms with Gasteiger partial charge in [0.15, 0.2) is 0 Å². The fourth-order valence-electron chi connectivity index (χ4n) is 4.40. The van der Waals surface area contributed by atoms with Gasteiger partial charge in [0.1, 0.15) is 5.82 Å². The molecule has 0 aliphatic carbocycles. The number of hydrogen-bond acceptors (Lipinski definition) is 4. The van der Waals surface area contributed by atoms with E-state index in [0.717, 1.165) is 30.0 Å². The number of benzene rings is 2. The van der Waals surface area contributed by atoms with E-state index in [1.807, 2.05) is 18.2 Å². The van der Waals surface area contributed by atoms with Gasteiger partial charge in [0.2, 0.25) is 0 Å². The van der Waals surface area contributed by atoms with E-state index in [9.17, 15) is 4.79 Å². The number of ether oxygens (including phenoxy) is 1.